The van der Waals surface area contributed by atoms with Crippen LogP contribution in [0.3, 0.4) is 0 Å². The molecule has 0 spiro atoms. The monoisotopic (exact) mass is 810 g/mol. The van der Waals surface area contributed by atoms with Gasteiger partial charge in [0.25, 0.3) is 6.71 Å². The van der Waals surface area contributed by atoms with Gasteiger partial charge in [-0.25, -0.2) is 0 Å². The second kappa shape index (κ2) is 15.4. The Bertz CT molecular complexity index is 2910. The molecule has 0 N–H and O–H groups in total. The van der Waals surface area contributed by atoms with Crippen molar-refractivity contribution < 1.29 is 4.74 Å². The lowest BCUT2D eigenvalue weighted by Crippen LogP contribution is -2.59. The van der Waals surface area contributed by atoms with E-state index in [4.69, 9.17) is 4.74 Å². The van der Waals surface area contributed by atoms with Gasteiger partial charge in [0.15, 0.2) is 0 Å². The molecule has 8 aromatic rings. The van der Waals surface area contributed by atoms with Crippen LogP contribution in [0.2, 0.25) is 0 Å². The highest BCUT2D eigenvalue weighted by atomic mass is 16.5. The van der Waals surface area contributed by atoms with Crippen molar-refractivity contribution in [2.24, 2.45) is 0 Å². The average molecular weight is 811 g/mol. The molecule has 10 rings (SSSR count). The van der Waals surface area contributed by atoms with Crippen LogP contribution in [0.15, 0.2) is 140 Å². The molecule has 2 aliphatic rings. The number of hydrogen-bond acceptors (Lipinski definition) is 2. The Morgan fingerprint density at radius 3 is 1.73 bits per heavy atom. The number of unbranched alkanes of at least 4 members (excludes halogenated alkanes) is 2. The van der Waals surface area contributed by atoms with Crippen LogP contribution in [0.25, 0.3) is 38.6 Å². The minimum Gasteiger partial charge on any atom is -0.458 e. The van der Waals surface area contributed by atoms with Gasteiger partial charge in [0.05, 0.1) is 16.7 Å². The zero-order valence-corrected chi connectivity index (χ0v) is 37.9. The third-order valence-electron chi connectivity index (χ3n) is 13.5. The van der Waals surface area contributed by atoms with E-state index in [1.54, 1.807) is 0 Å². The van der Waals surface area contributed by atoms with Crippen LogP contribution in [0.4, 0.5) is 17.1 Å². The molecule has 310 valence electrons. The predicted molar refractivity (Wildman–Crippen MR) is 267 cm³/mol. The van der Waals surface area contributed by atoms with E-state index in [0.29, 0.717) is 0 Å². The molecule has 2 aliphatic heterocycles. The summed E-state index contributed by atoms with van der Waals surface area (Å²) in [6.07, 6.45) is 6.61. The summed E-state index contributed by atoms with van der Waals surface area (Å²) in [6, 6.07) is 52.7. The molecule has 0 radical (unpaired) electrons. The Balaban J connectivity index is 1.33. The molecule has 0 atom stereocenters. The van der Waals surface area contributed by atoms with Gasteiger partial charge in [-0.3, -0.25) is 0 Å². The highest BCUT2D eigenvalue weighted by Gasteiger charge is 2.44. The van der Waals surface area contributed by atoms with Crippen LogP contribution >= 0.6 is 0 Å². The van der Waals surface area contributed by atoms with Gasteiger partial charge in [0.2, 0.25) is 0 Å². The minimum atomic E-state index is -0.106. The topological polar surface area (TPSA) is 17.4 Å². The number of benzene rings is 7. The Morgan fingerprint density at radius 1 is 0.516 bits per heavy atom. The number of ether oxygens (including phenoxy) is 1. The van der Waals surface area contributed by atoms with Crippen molar-refractivity contribution in [3.05, 3.63) is 162 Å². The summed E-state index contributed by atoms with van der Waals surface area (Å²) < 4.78 is 9.64. The second-order valence-corrected chi connectivity index (χ2v) is 19.9. The van der Waals surface area contributed by atoms with E-state index in [1.165, 1.54) is 94.3 Å². The largest absolute Gasteiger partial charge is 0.458 e. The number of fused-ring (bicyclic) bond motifs is 7. The molecule has 7 aromatic carbocycles. The fraction of sp³-hybridized carbons (Fsp3) is 0.276. The molecule has 3 heterocycles. The van der Waals surface area contributed by atoms with E-state index in [1.807, 2.05) is 0 Å². The quantitative estimate of drug-likeness (QED) is 0.135. The van der Waals surface area contributed by atoms with Gasteiger partial charge in [-0.1, -0.05) is 165 Å². The van der Waals surface area contributed by atoms with Crippen molar-refractivity contribution in [3.63, 3.8) is 0 Å². The summed E-state index contributed by atoms with van der Waals surface area (Å²) in [6.45, 7) is 18.7. The summed E-state index contributed by atoms with van der Waals surface area (Å²) in [5, 5.41) is 2.55. The molecule has 62 heavy (non-hydrogen) atoms. The normalized spacial score (nSPS) is 13.3. The van der Waals surface area contributed by atoms with E-state index in [0.717, 1.165) is 50.0 Å². The molecule has 1 aromatic heterocycles. The molecule has 0 fully saturated rings. The third-order valence-corrected chi connectivity index (χ3v) is 13.5. The maximum atomic E-state index is 7.15. The Morgan fingerprint density at radius 2 is 1.11 bits per heavy atom. The van der Waals surface area contributed by atoms with Gasteiger partial charge in [0.1, 0.15) is 11.5 Å². The smallest absolute Gasteiger partial charge is 0.256 e. The maximum Gasteiger partial charge on any atom is 0.256 e. The molecular weight excluding hydrogens is 751 g/mol. The van der Waals surface area contributed by atoms with E-state index in [9.17, 15) is 0 Å². The summed E-state index contributed by atoms with van der Waals surface area (Å²) >= 11 is 0. The predicted octanol–water partition coefficient (Wildman–Crippen LogP) is 14.1. The first-order valence-corrected chi connectivity index (χ1v) is 23.1. The van der Waals surface area contributed by atoms with E-state index < -0.39 is 0 Å². The van der Waals surface area contributed by atoms with Crippen LogP contribution < -0.4 is 26.0 Å². The zero-order valence-electron chi connectivity index (χ0n) is 37.9. The highest BCUT2D eigenvalue weighted by Crippen LogP contribution is 2.48. The summed E-state index contributed by atoms with van der Waals surface area (Å²) in [5.41, 5.74) is 19.1. The Labute approximate surface area is 369 Å². The number of hydrogen-bond donors (Lipinski definition) is 0. The van der Waals surface area contributed by atoms with Crippen LogP contribution in [-0.2, 0) is 23.7 Å². The van der Waals surface area contributed by atoms with Crippen LogP contribution in [-0.4, -0.2) is 11.3 Å². The first-order chi connectivity index (χ1) is 29.9. The SMILES string of the molecule is CCCCc1cc(C(C)(C)C)cc(CCCC)c1N1c2cc(-n3c4ccccc4c4ccccc43)ccc2B2c3cc(-c4ccccc4)ccc3Oc3cc(C(C)(C)C)cc1c32. The van der Waals surface area contributed by atoms with Gasteiger partial charge in [-0.05, 0) is 129 Å². The van der Waals surface area contributed by atoms with Crippen molar-refractivity contribution >= 4 is 62.0 Å². The molecule has 0 bridgehead atoms. The second-order valence-electron chi connectivity index (χ2n) is 19.9. The Kier molecular flexibility index (Phi) is 9.97. The van der Waals surface area contributed by atoms with Crippen molar-refractivity contribution in [1.82, 2.24) is 4.57 Å². The lowest BCUT2D eigenvalue weighted by atomic mass is 9.34. The summed E-state index contributed by atoms with van der Waals surface area (Å²) in [4.78, 5) is 2.70. The van der Waals surface area contributed by atoms with Gasteiger partial charge in [-0.15, -0.1) is 0 Å². The first-order valence-electron chi connectivity index (χ1n) is 23.1. The van der Waals surface area contributed by atoms with Crippen LogP contribution in [0.1, 0.15) is 103 Å². The van der Waals surface area contributed by atoms with Crippen molar-refractivity contribution in [1.29, 1.82) is 0 Å². The van der Waals surface area contributed by atoms with Crippen LogP contribution in [0.5, 0.6) is 11.5 Å². The summed E-state index contributed by atoms with van der Waals surface area (Å²) in [7, 11) is 0. The number of para-hydroxylation sites is 2. The Hall–Kier alpha value is -6.00. The number of aryl methyl sites for hydroxylation is 2. The van der Waals surface area contributed by atoms with Gasteiger partial charge < -0.3 is 14.2 Å². The fourth-order valence-corrected chi connectivity index (χ4v) is 10.2. The van der Waals surface area contributed by atoms with E-state index in [2.05, 4.69) is 204 Å². The fourth-order valence-electron chi connectivity index (χ4n) is 10.2. The molecule has 0 saturated heterocycles. The molecular formula is C58H59BN2O. The van der Waals surface area contributed by atoms with E-state index in [-0.39, 0.29) is 17.5 Å². The number of aromatic nitrogens is 1. The number of rotatable bonds is 9. The lowest BCUT2D eigenvalue weighted by Gasteiger charge is -2.43. The van der Waals surface area contributed by atoms with Gasteiger partial charge in [-0.2, -0.15) is 0 Å². The van der Waals surface area contributed by atoms with E-state index >= 15 is 0 Å². The number of nitrogens with zero attached hydrogens (tertiary/aromatic N) is 2. The third kappa shape index (κ3) is 6.74. The molecule has 3 nitrogen and oxygen atoms in total. The molecule has 0 amide bonds. The zero-order chi connectivity index (χ0) is 42.9. The molecule has 4 heteroatoms. The lowest BCUT2D eigenvalue weighted by molar-refractivity contribution is 0.483. The van der Waals surface area contributed by atoms with Crippen molar-refractivity contribution in [2.75, 3.05) is 4.90 Å². The van der Waals surface area contributed by atoms with Crippen molar-refractivity contribution in [3.8, 4) is 28.3 Å². The first kappa shape index (κ1) is 40.1. The van der Waals surface area contributed by atoms with Crippen molar-refractivity contribution in [2.45, 2.75) is 105 Å². The number of anilines is 3. The molecule has 0 unspecified atom stereocenters. The average Bonchev–Trinajstić information content (AvgIpc) is 3.61. The molecule has 0 aliphatic carbocycles. The summed E-state index contributed by atoms with van der Waals surface area (Å²) in [5.74, 6) is 1.91. The minimum absolute atomic E-state index is 0.0214. The standard InChI is InChI=1S/C58H59BN2O/c1-9-11-20-40-32-42(57(3,4)5)33-41(21-12-10-2)56(40)61-51-37-44(60-49-26-18-16-24-45(49)46-25-17-19-27-50(46)60)29-30-47(51)59-48-34-39(38-22-14-13-15-23-38)28-31-53(48)62-54-36-43(58(6,7)8)35-52(61)55(54)59/h13-19,22-37H,9-12,20-21H2,1-8H3. The van der Waals surface area contributed by atoms with Crippen LogP contribution in [0, 0.1) is 0 Å². The van der Waals surface area contributed by atoms with Gasteiger partial charge >= 0.3 is 0 Å². The molecule has 0 saturated carbocycles. The van der Waals surface area contributed by atoms with Gasteiger partial charge in [0, 0.05) is 27.8 Å². The highest BCUT2D eigenvalue weighted by molar-refractivity contribution is 6.99. The maximum absolute atomic E-state index is 7.15.